The Morgan fingerprint density at radius 2 is 2.13 bits per heavy atom. The third-order valence-corrected chi connectivity index (χ3v) is 3.31. The van der Waals surface area contributed by atoms with Gasteiger partial charge in [-0.15, -0.1) is 0 Å². The summed E-state index contributed by atoms with van der Waals surface area (Å²) < 4.78 is 1.06. The quantitative estimate of drug-likeness (QED) is 0.832. The van der Waals surface area contributed by atoms with Crippen LogP contribution in [-0.4, -0.2) is 22.6 Å². The first-order valence-corrected chi connectivity index (χ1v) is 6.29. The minimum Gasteiger partial charge on any atom is -0.354 e. The average Bonchev–Trinajstić information content (AvgIpc) is 2.64. The number of halogens is 1. The van der Waals surface area contributed by atoms with Crippen LogP contribution in [0.5, 0.6) is 0 Å². The highest BCUT2D eigenvalue weighted by Crippen LogP contribution is 2.23. The molecule has 0 bridgehead atoms. The van der Waals surface area contributed by atoms with Crippen LogP contribution in [0.1, 0.15) is 19.3 Å². The molecule has 0 aliphatic heterocycles. The van der Waals surface area contributed by atoms with E-state index < -0.39 is 0 Å². The summed E-state index contributed by atoms with van der Waals surface area (Å²) in [7, 11) is 0. The van der Waals surface area contributed by atoms with E-state index in [0.717, 1.165) is 28.9 Å². The van der Waals surface area contributed by atoms with Crippen LogP contribution < -0.4 is 11.1 Å². The molecule has 1 saturated carbocycles. The van der Waals surface area contributed by atoms with Gasteiger partial charge in [0, 0.05) is 28.6 Å². The van der Waals surface area contributed by atoms with Gasteiger partial charge in [0.15, 0.2) is 0 Å². The van der Waals surface area contributed by atoms with Crippen LogP contribution >= 0.6 is 22.6 Å². The van der Waals surface area contributed by atoms with E-state index in [-0.39, 0.29) is 0 Å². The van der Waals surface area contributed by atoms with Gasteiger partial charge in [-0.2, -0.15) is 0 Å². The van der Waals surface area contributed by atoms with Gasteiger partial charge in [-0.1, -0.05) is 0 Å². The summed E-state index contributed by atoms with van der Waals surface area (Å²) >= 11 is 2.20. The highest BCUT2D eigenvalue weighted by atomic mass is 127. The fourth-order valence-electron chi connectivity index (χ4n) is 1.94. The van der Waals surface area contributed by atoms with Crippen LogP contribution in [0.25, 0.3) is 0 Å². The average molecular weight is 318 g/mol. The Hall–Kier alpha value is -0.430. The number of nitrogens with zero attached hydrogens (tertiary/aromatic N) is 2. The molecule has 82 valence electrons. The zero-order valence-electron chi connectivity index (χ0n) is 8.49. The number of rotatable bonds is 3. The van der Waals surface area contributed by atoms with Crippen molar-refractivity contribution in [3.05, 3.63) is 16.0 Å². The van der Waals surface area contributed by atoms with E-state index in [4.69, 9.17) is 5.73 Å². The maximum atomic E-state index is 5.85. The molecule has 4 nitrogen and oxygen atoms in total. The Morgan fingerprint density at radius 1 is 1.40 bits per heavy atom. The van der Waals surface area contributed by atoms with Crippen molar-refractivity contribution >= 4 is 28.5 Å². The van der Waals surface area contributed by atoms with Crippen LogP contribution in [-0.2, 0) is 0 Å². The lowest BCUT2D eigenvalue weighted by Crippen LogP contribution is -2.18. The summed E-state index contributed by atoms with van der Waals surface area (Å²) in [6.45, 7) is 0.939. The van der Waals surface area contributed by atoms with Gasteiger partial charge in [0.05, 0.1) is 0 Å². The van der Waals surface area contributed by atoms with Crippen LogP contribution in [0.2, 0.25) is 0 Å². The van der Waals surface area contributed by atoms with E-state index in [2.05, 4.69) is 37.9 Å². The smallest absolute Gasteiger partial charge is 0.222 e. The van der Waals surface area contributed by atoms with Crippen LogP contribution in [0, 0.1) is 9.49 Å². The molecule has 0 aromatic carbocycles. The first-order valence-electron chi connectivity index (χ1n) is 5.21. The van der Waals surface area contributed by atoms with Crippen molar-refractivity contribution in [3.8, 4) is 0 Å². The Balaban J connectivity index is 1.80. The Labute approximate surface area is 103 Å². The lowest BCUT2D eigenvalue weighted by atomic mass is 10.1. The molecule has 1 fully saturated rings. The maximum Gasteiger partial charge on any atom is 0.222 e. The molecule has 1 aromatic rings. The Kier molecular flexibility index (Phi) is 3.74. The molecule has 0 saturated heterocycles. The fraction of sp³-hybridized carbons (Fsp3) is 0.600. The number of aromatic nitrogens is 2. The van der Waals surface area contributed by atoms with Crippen molar-refractivity contribution in [2.24, 2.45) is 11.7 Å². The predicted molar refractivity (Wildman–Crippen MR) is 68.6 cm³/mol. The van der Waals surface area contributed by atoms with Crippen molar-refractivity contribution in [3.63, 3.8) is 0 Å². The predicted octanol–water partition coefficient (Wildman–Crippen LogP) is 1.62. The molecule has 1 aliphatic carbocycles. The highest BCUT2D eigenvalue weighted by molar-refractivity contribution is 14.1. The van der Waals surface area contributed by atoms with Gasteiger partial charge in [-0.3, -0.25) is 0 Å². The number of hydrogen-bond acceptors (Lipinski definition) is 4. The van der Waals surface area contributed by atoms with E-state index in [1.54, 1.807) is 0 Å². The molecule has 2 unspecified atom stereocenters. The summed E-state index contributed by atoms with van der Waals surface area (Å²) in [6.07, 6.45) is 7.13. The lowest BCUT2D eigenvalue weighted by molar-refractivity contribution is 0.564. The molecule has 1 aromatic heterocycles. The van der Waals surface area contributed by atoms with Crippen molar-refractivity contribution < 1.29 is 0 Å². The third kappa shape index (κ3) is 3.27. The van der Waals surface area contributed by atoms with Crippen LogP contribution in [0.3, 0.4) is 0 Å². The molecule has 2 atom stereocenters. The first-order chi connectivity index (χ1) is 7.24. The number of anilines is 1. The summed E-state index contributed by atoms with van der Waals surface area (Å²) in [4.78, 5) is 8.39. The SMILES string of the molecule is NC1CCC(CNc2ncc(I)cn2)C1. The molecule has 2 rings (SSSR count). The van der Waals surface area contributed by atoms with Gasteiger partial charge >= 0.3 is 0 Å². The molecule has 3 N–H and O–H groups in total. The summed E-state index contributed by atoms with van der Waals surface area (Å²) in [5.74, 6) is 1.40. The van der Waals surface area contributed by atoms with Crippen molar-refractivity contribution in [1.29, 1.82) is 0 Å². The van der Waals surface area contributed by atoms with E-state index in [0.29, 0.717) is 12.0 Å². The largest absolute Gasteiger partial charge is 0.354 e. The zero-order valence-corrected chi connectivity index (χ0v) is 10.6. The van der Waals surface area contributed by atoms with E-state index in [1.165, 1.54) is 6.42 Å². The molecule has 1 heterocycles. The molecule has 0 amide bonds. The van der Waals surface area contributed by atoms with Crippen LogP contribution in [0.4, 0.5) is 5.95 Å². The summed E-state index contributed by atoms with van der Waals surface area (Å²) in [6, 6.07) is 0.398. The first kappa shape index (κ1) is 11.1. The highest BCUT2D eigenvalue weighted by Gasteiger charge is 2.21. The van der Waals surface area contributed by atoms with E-state index in [9.17, 15) is 0 Å². The number of nitrogens with one attached hydrogen (secondary N) is 1. The lowest BCUT2D eigenvalue weighted by Gasteiger charge is -2.10. The summed E-state index contributed by atoms with van der Waals surface area (Å²) in [5, 5.41) is 3.25. The normalized spacial score (nSPS) is 25.5. The number of nitrogens with two attached hydrogens (primary N) is 1. The minimum absolute atomic E-state index is 0.398. The molecule has 0 radical (unpaired) electrons. The Morgan fingerprint density at radius 3 is 2.73 bits per heavy atom. The van der Waals surface area contributed by atoms with Crippen molar-refractivity contribution in [1.82, 2.24) is 9.97 Å². The monoisotopic (exact) mass is 318 g/mol. The van der Waals surface area contributed by atoms with Gasteiger partial charge in [0.1, 0.15) is 0 Å². The number of hydrogen-bond donors (Lipinski definition) is 2. The van der Waals surface area contributed by atoms with E-state index >= 15 is 0 Å². The molecule has 15 heavy (non-hydrogen) atoms. The van der Waals surface area contributed by atoms with Crippen LogP contribution in [0.15, 0.2) is 12.4 Å². The third-order valence-electron chi connectivity index (χ3n) is 2.75. The second-order valence-corrected chi connectivity index (χ2v) is 5.29. The van der Waals surface area contributed by atoms with Gasteiger partial charge in [-0.25, -0.2) is 9.97 Å². The second kappa shape index (κ2) is 5.07. The Bertz CT molecular complexity index is 314. The van der Waals surface area contributed by atoms with E-state index in [1.807, 2.05) is 12.4 Å². The van der Waals surface area contributed by atoms with Crippen molar-refractivity contribution in [2.75, 3.05) is 11.9 Å². The van der Waals surface area contributed by atoms with Gasteiger partial charge < -0.3 is 11.1 Å². The standard InChI is InChI=1S/C10H15IN4/c11-8-5-14-10(15-6-8)13-4-7-1-2-9(12)3-7/h5-7,9H,1-4,12H2,(H,13,14,15). The zero-order chi connectivity index (χ0) is 10.7. The molecular formula is C10H15IN4. The fourth-order valence-corrected chi connectivity index (χ4v) is 2.22. The molecule has 0 spiro atoms. The molecule has 5 heteroatoms. The van der Waals surface area contributed by atoms with Gasteiger partial charge in [0.2, 0.25) is 5.95 Å². The topological polar surface area (TPSA) is 63.8 Å². The van der Waals surface area contributed by atoms with Gasteiger partial charge in [-0.05, 0) is 47.8 Å². The molecular weight excluding hydrogens is 303 g/mol. The molecule has 1 aliphatic rings. The summed E-state index contributed by atoms with van der Waals surface area (Å²) in [5.41, 5.74) is 5.85. The second-order valence-electron chi connectivity index (χ2n) is 4.04. The minimum atomic E-state index is 0.398. The van der Waals surface area contributed by atoms with Gasteiger partial charge in [0.25, 0.3) is 0 Å². The van der Waals surface area contributed by atoms with Crippen molar-refractivity contribution in [2.45, 2.75) is 25.3 Å². The maximum absolute atomic E-state index is 5.85.